The van der Waals surface area contributed by atoms with Crippen molar-refractivity contribution >= 4 is 17.4 Å². The number of carbonyl (C=O) groups excluding carboxylic acids is 2. The average molecular weight is 455 g/mol. The fourth-order valence-electron chi connectivity index (χ4n) is 4.95. The van der Waals surface area contributed by atoms with E-state index in [1.165, 1.54) is 22.6 Å². The van der Waals surface area contributed by atoms with Crippen molar-refractivity contribution in [3.05, 3.63) is 113 Å². The van der Waals surface area contributed by atoms with Crippen LogP contribution < -0.4 is 0 Å². The molecule has 172 valence electrons. The molecule has 2 aliphatic rings. The minimum absolute atomic E-state index is 0.127. The number of imide groups is 1. The number of amides is 2. The first-order chi connectivity index (χ1) is 16.6. The van der Waals surface area contributed by atoms with Gasteiger partial charge >= 0.3 is 0 Å². The van der Waals surface area contributed by atoms with Gasteiger partial charge in [0, 0.05) is 13.1 Å². The number of carbonyl (C=O) groups is 2. The minimum Gasteiger partial charge on any atom is -0.366 e. The summed E-state index contributed by atoms with van der Waals surface area (Å²) in [5, 5.41) is 0. The number of hydrogen-bond acceptors (Lipinski definition) is 3. The minimum atomic E-state index is -0.343. The zero-order chi connectivity index (χ0) is 23.5. The fourth-order valence-corrected chi connectivity index (χ4v) is 4.95. The largest absolute Gasteiger partial charge is 0.366 e. The first kappa shape index (κ1) is 22.1. The molecule has 2 heterocycles. The predicted molar refractivity (Wildman–Crippen MR) is 130 cm³/mol. The van der Waals surface area contributed by atoms with Gasteiger partial charge in [0.05, 0.1) is 12.1 Å². The van der Waals surface area contributed by atoms with Gasteiger partial charge in [0.25, 0.3) is 11.8 Å². The summed E-state index contributed by atoms with van der Waals surface area (Å²) in [7, 11) is 0. The highest BCUT2D eigenvalue weighted by Crippen LogP contribution is 2.35. The molecule has 2 amide bonds. The lowest BCUT2D eigenvalue weighted by Gasteiger charge is -2.34. The average Bonchev–Trinajstić information content (AvgIpc) is 3.12. The molecule has 0 bridgehead atoms. The molecule has 0 N–H and O–H groups in total. The third kappa shape index (κ3) is 4.51. The van der Waals surface area contributed by atoms with Gasteiger partial charge in [-0.05, 0) is 54.0 Å². The van der Waals surface area contributed by atoms with Gasteiger partial charge in [0.2, 0.25) is 0 Å². The van der Waals surface area contributed by atoms with Gasteiger partial charge in [-0.25, -0.2) is 4.39 Å². The van der Waals surface area contributed by atoms with Crippen LogP contribution in [-0.2, 0) is 22.6 Å². The SMILES string of the molecule is O=C1C(c2ccccc2)=C(N2CCC(Cc3ccccc3)CC2)C(=O)N1Cc1ccc(F)cc1. The van der Waals surface area contributed by atoms with E-state index >= 15 is 0 Å². The van der Waals surface area contributed by atoms with Crippen LogP contribution in [-0.4, -0.2) is 34.7 Å². The molecule has 34 heavy (non-hydrogen) atoms. The predicted octanol–water partition coefficient (Wildman–Crippen LogP) is 5.06. The molecular formula is C29H27FN2O2. The van der Waals surface area contributed by atoms with Gasteiger partial charge in [0.15, 0.2) is 0 Å². The molecule has 1 fully saturated rings. The maximum absolute atomic E-state index is 13.6. The van der Waals surface area contributed by atoms with E-state index < -0.39 is 0 Å². The third-order valence-corrected chi connectivity index (χ3v) is 6.76. The van der Waals surface area contributed by atoms with Crippen molar-refractivity contribution < 1.29 is 14.0 Å². The topological polar surface area (TPSA) is 40.6 Å². The maximum Gasteiger partial charge on any atom is 0.278 e. The Morgan fingerprint density at radius 2 is 1.35 bits per heavy atom. The number of nitrogens with zero attached hydrogens (tertiary/aromatic N) is 2. The standard InChI is InChI=1S/C29H27FN2O2/c30-25-13-11-23(12-14-25)20-32-28(33)26(24-9-5-2-6-10-24)27(29(32)34)31-17-15-22(16-18-31)19-21-7-3-1-4-8-21/h1-14,22H,15-20H2. The Labute approximate surface area is 199 Å². The molecular weight excluding hydrogens is 427 g/mol. The van der Waals surface area contributed by atoms with Crippen LogP contribution in [0.25, 0.3) is 5.57 Å². The van der Waals surface area contributed by atoms with E-state index in [1.807, 2.05) is 36.4 Å². The van der Waals surface area contributed by atoms with E-state index in [1.54, 1.807) is 12.1 Å². The van der Waals surface area contributed by atoms with Crippen LogP contribution in [0.1, 0.15) is 29.5 Å². The summed E-state index contributed by atoms with van der Waals surface area (Å²) in [6.07, 6.45) is 2.97. The summed E-state index contributed by atoms with van der Waals surface area (Å²) < 4.78 is 13.3. The van der Waals surface area contributed by atoms with Crippen molar-refractivity contribution in [2.24, 2.45) is 5.92 Å². The van der Waals surface area contributed by atoms with Gasteiger partial charge in [-0.3, -0.25) is 14.5 Å². The Kier molecular flexibility index (Phi) is 6.26. The molecule has 3 aromatic carbocycles. The molecule has 5 rings (SSSR count). The first-order valence-electron chi connectivity index (χ1n) is 11.8. The fraction of sp³-hybridized carbons (Fsp3) is 0.241. The Balaban J connectivity index is 1.38. The van der Waals surface area contributed by atoms with Gasteiger partial charge in [0.1, 0.15) is 11.5 Å². The molecule has 2 aliphatic heterocycles. The molecule has 0 unspecified atom stereocenters. The number of piperidine rings is 1. The van der Waals surface area contributed by atoms with Crippen LogP contribution in [0.2, 0.25) is 0 Å². The van der Waals surface area contributed by atoms with Gasteiger partial charge < -0.3 is 4.90 Å². The summed E-state index contributed by atoms with van der Waals surface area (Å²) in [6, 6.07) is 25.8. The molecule has 0 aromatic heterocycles. The summed E-state index contributed by atoms with van der Waals surface area (Å²) >= 11 is 0. The van der Waals surface area contributed by atoms with E-state index in [-0.39, 0.29) is 24.2 Å². The van der Waals surface area contributed by atoms with E-state index in [9.17, 15) is 14.0 Å². The van der Waals surface area contributed by atoms with Gasteiger partial charge in [-0.15, -0.1) is 0 Å². The molecule has 5 heteroatoms. The second-order valence-corrected chi connectivity index (χ2v) is 9.03. The summed E-state index contributed by atoms with van der Waals surface area (Å²) in [5.74, 6) is -0.344. The lowest BCUT2D eigenvalue weighted by Crippen LogP contribution is -2.38. The van der Waals surface area contributed by atoms with E-state index in [0.717, 1.165) is 43.5 Å². The lowest BCUT2D eigenvalue weighted by atomic mass is 9.89. The normalized spacial score (nSPS) is 17.1. The zero-order valence-electron chi connectivity index (χ0n) is 19.0. The molecule has 4 nitrogen and oxygen atoms in total. The van der Waals surface area contributed by atoms with E-state index in [4.69, 9.17) is 0 Å². The van der Waals surface area contributed by atoms with Crippen molar-refractivity contribution in [3.8, 4) is 0 Å². The van der Waals surface area contributed by atoms with Crippen molar-refractivity contribution in [3.63, 3.8) is 0 Å². The summed E-state index contributed by atoms with van der Waals surface area (Å²) in [6.45, 7) is 1.61. The molecule has 0 radical (unpaired) electrons. The number of benzene rings is 3. The number of likely N-dealkylation sites (tertiary alicyclic amines) is 1. The lowest BCUT2D eigenvalue weighted by molar-refractivity contribution is -0.138. The first-order valence-corrected chi connectivity index (χ1v) is 11.8. The Morgan fingerprint density at radius 1 is 0.735 bits per heavy atom. The van der Waals surface area contributed by atoms with Crippen molar-refractivity contribution in [1.82, 2.24) is 9.80 Å². The smallest absolute Gasteiger partial charge is 0.278 e. The van der Waals surface area contributed by atoms with Crippen molar-refractivity contribution in [2.45, 2.75) is 25.8 Å². The third-order valence-electron chi connectivity index (χ3n) is 6.76. The summed E-state index contributed by atoms with van der Waals surface area (Å²) in [4.78, 5) is 30.5. The van der Waals surface area contributed by atoms with E-state index in [2.05, 4.69) is 29.2 Å². The highest BCUT2D eigenvalue weighted by molar-refractivity contribution is 6.35. The Bertz CT molecular complexity index is 1200. The van der Waals surface area contributed by atoms with Crippen LogP contribution in [0, 0.1) is 11.7 Å². The van der Waals surface area contributed by atoms with E-state index in [0.29, 0.717) is 17.2 Å². The number of halogens is 1. The Morgan fingerprint density at radius 3 is 2.00 bits per heavy atom. The van der Waals surface area contributed by atoms with Crippen LogP contribution in [0.4, 0.5) is 4.39 Å². The van der Waals surface area contributed by atoms with Crippen molar-refractivity contribution in [2.75, 3.05) is 13.1 Å². The second kappa shape index (κ2) is 9.64. The van der Waals surface area contributed by atoms with Crippen LogP contribution in [0.15, 0.2) is 90.6 Å². The number of hydrogen-bond donors (Lipinski definition) is 0. The van der Waals surface area contributed by atoms with Crippen LogP contribution in [0.5, 0.6) is 0 Å². The molecule has 0 spiro atoms. The number of rotatable bonds is 6. The molecule has 0 atom stereocenters. The zero-order valence-corrected chi connectivity index (χ0v) is 19.0. The summed E-state index contributed by atoms with van der Waals surface area (Å²) in [5.41, 5.74) is 3.77. The van der Waals surface area contributed by atoms with Crippen LogP contribution >= 0.6 is 0 Å². The highest BCUT2D eigenvalue weighted by Gasteiger charge is 2.42. The van der Waals surface area contributed by atoms with Crippen molar-refractivity contribution in [1.29, 1.82) is 0 Å². The van der Waals surface area contributed by atoms with Gasteiger partial charge in [-0.2, -0.15) is 0 Å². The van der Waals surface area contributed by atoms with Gasteiger partial charge in [-0.1, -0.05) is 72.8 Å². The molecule has 1 saturated heterocycles. The highest BCUT2D eigenvalue weighted by atomic mass is 19.1. The molecule has 0 aliphatic carbocycles. The second-order valence-electron chi connectivity index (χ2n) is 9.03. The van der Waals surface area contributed by atoms with Crippen LogP contribution in [0.3, 0.4) is 0 Å². The Hall–Kier alpha value is -3.73. The quantitative estimate of drug-likeness (QED) is 0.489. The molecule has 0 saturated carbocycles. The monoisotopic (exact) mass is 454 g/mol. The molecule has 3 aromatic rings. The maximum atomic E-state index is 13.6.